The van der Waals surface area contributed by atoms with Gasteiger partial charge in [-0.05, 0) is 18.2 Å². The second-order valence-corrected chi connectivity index (χ2v) is 9.82. The minimum absolute atomic E-state index is 0.115. The molecule has 1 N–H and O–H groups in total. The maximum atomic E-state index is 15.2. The summed E-state index contributed by atoms with van der Waals surface area (Å²) in [5.41, 5.74) is 0.537. The molecule has 0 spiro atoms. The van der Waals surface area contributed by atoms with Gasteiger partial charge in [-0.3, -0.25) is 9.62 Å². The monoisotopic (exact) mass is 508 g/mol. The maximum absolute atomic E-state index is 15.2. The van der Waals surface area contributed by atoms with Gasteiger partial charge in [0, 0.05) is 44.4 Å². The van der Waals surface area contributed by atoms with Crippen LogP contribution in [-0.2, 0) is 28.0 Å². The van der Waals surface area contributed by atoms with Gasteiger partial charge in [0.2, 0.25) is 0 Å². The van der Waals surface area contributed by atoms with Gasteiger partial charge >= 0.3 is 22.4 Å². The second-order valence-electron chi connectivity index (χ2n) is 8.15. The van der Waals surface area contributed by atoms with Crippen LogP contribution in [0.15, 0.2) is 36.4 Å². The number of morpholine rings is 1. The number of hydrogen-bond donors (Lipinski definition) is 1. The molecule has 2 aromatic carbocycles. The molecular weight excluding hydrogens is 483 g/mol. The lowest BCUT2D eigenvalue weighted by molar-refractivity contribution is 0.0733. The smallest absolute Gasteiger partial charge is 0.410 e. The molecule has 0 bridgehead atoms. The highest BCUT2D eigenvalue weighted by Crippen LogP contribution is 2.32. The molecule has 13 heteroatoms. The summed E-state index contributed by atoms with van der Waals surface area (Å²) in [5.74, 6) is -0.327. The first kappa shape index (κ1) is 24.7. The summed E-state index contributed by atoms with van der Waals surface area (Å²) in [5, 5.41) is 0. The van der Waals surface area contributed by atoms with E-state index >= 15 is 4.39 Å². The van der Waals surface area contributed by atoms with E-state index in [0.29, 0.717) is 5.56 Å². The number of rotatable bonds is 6. The van der Waals surface area contributed by atoms with Crippen molar-refractivity contribution in [1.82, 2.24) is 14.1 Å². The normalized spacial score (nSPS) is 16.3. The lowest BCUT2D eigenvalue weighted by Crippen LogP contribution is -2.43. The van der Waals surface area contributed by atoms with Crippen LogP contribution in [0.2, 0.25) is 0 Å². The summed E-state index contributed by atoms with van der Waals surface area (Å²) in [6.07, 6.45) is -1.29. The van der Waals surface area contributed by atoms with Crippen LogP contribution in [0.4, 0.5) is 19.7 Å². The van der Waals surface area contributed by atoms with E-state index in [2.05, 4.69) is 4.72 Å². The first-order valence-corrected chi connectivity index (χ1v) is 12.2. The molecule has 0 radical (unpaired) electrons. The molecular formula is C22H25FN4O7S. The molecule has 1 fully saturated rings. The fraction of sp³-hybridized carbons (Fsp3) is 0.364. The fourth-order valence-corrected chi connectivity index (χ4v) is 4.74. The molecule has 0 aliphatic carbocycles. The number of amides is 2. The molecule has 2 amide bonds. The molecule has 35 heavy (non-hydrogen) atoms. The highest BCUT2D eigenvalue weighted by molar-refractivity contribution is 7.90. The second kappa shape index (κ2) is 10.1. The SMILES string of the molecule is CN(C)C(=O)Oc1ccc2c(c1)OC(=O)N(Cc1cccc(NS(=O)(=O)N3CCOCC3)c1F)C2. The molecule has 188 valence electrons. The largest absolute Gasteiger partial charge is 0.415 e. The Labute approximate surface area is 202 Å². The zero-order chi connectivity index (χ0) is 25.2. The zero-order valence-electron chi connectivity index (χ0n) is 19.2. The van der Waals surface area contributed by atoms with Crippen LogP contribution in [0.1, 0.15) is 11.1 Å². The Kier molecular flexibility index (Phi) is 7.10. The number of fused-ring (bicyclic) bond motifs is 1. The van der Waals surface area contributed by atoms with Gasteiger partial charge in [0.05, 0.1) is 32.0 Å². The molecule has 0 saturated carbocycles. The van der Waals surface area contributed by atoms with Crippen LogP contribution in [0, 0.1) is 5.82 Å². The van der Waals surface area contributed by atoms with Crippen molar-refractivity contribution >= 4 is 28.1 Å². The fourth-order valence-electron chi connectivity index (χ4n) is 3.54. The quantitative estimate of drug-likeness (QED) is 0.637. The number of ether oxygens (including phenoxy) is 3. The van der Waals surface area contributed by atoms with E-state index in [4.69, 9.17) is 14.2 Å². The minimum Gasteiger partial charge on any atom is -0.410 e. The first-order chi connectivity index (χ1) is 16.6. The minimum atomic E-state index is -3.96. The lowest BCUT2D eigenvalue weighted by atomic mass is 10.1. The molecule has 2 aliphatic heterocycles. The van der Waals surface area contributed by atoms with Gasteiger partial charge in [-0.2, -0.15) is 12.7 Å². The van der Waals surface area contributed by atoms with Crippen molar-refractivity contribution in [3.63, 3.8) is 0 Å². The Morgan fingerprint density at radius 1 is 1.20 bits per heavy atom. The zero-order valence-corrected chi connectivity index (χ0v) is 20.0. The standard InChI is InChI=1S/C22H25FN4O7S/c1-25(2)21(28)33-17-7-6-15-13-26(22(29)34-19(15)12-17)14-16-4-3-5-18(20(16)23)24-35(30,31)27-8-10-32-11-9-27/h3-7,12,24H,8-11,13-14H2,1-2H3. The van der Waals surface area contributed by atoms with Crippen molar-refractivity contribution in [2.45, 2.75) is 13.1 Å². The summed E-state index contributed by atoms with van der Waals surface area (Å²) < 4.78 is 59.6. The van der Waals surface area contributed by atoms with Crippen LogP contribution >= 0.6 is 0 Å². The van der Waals surface area contributed by atoms with Gasteiger partial charge in [-0.25, -0.2) is 14.0 Å². The Morgan fingerprint density at radius 3 is 2.66 bits per heavy atom. The number of hydrogen-bond acceptors (Lipinski definition) is 7. The van der Waals surface area contributed by atoms with Gasteiger partial charge in [0.15, 0.2) is 5.82 Å². The Morgan fingerprint density at radius 2 is 1.94 bits per heavy atom. The van der Waals surface area contributed by atoms with E-state index in [0.717, 1.165) is 0 Å². The average Bonchev–Trinajstić information content (AvgIpc) is 2.82. The molecule has 4 rings (SSSR count). The lowest BCUT2D eigenvalue weighted by Gasteiger charge is -2.29. The molecule has 0 atom stereocenters. The summed E-state index contributed by atoms with van der Waals surface area (Å²) in [4.78, 5) is 26.9. The van der Waals surface area contributed by atoms with Crippen molar-refractivity contribution in [2.75, 3.05) is 45.1 Å². The van der Waals surface area contributed by atoms with Gasteiger partial charge < -0.3 is 19.1 Å². The number of carbonyl (C=O) groups excluding carboxylic acids is 2. The number of halogens is 1. The van der Waals surface area contributed by atoms with E-state index in [-0.39, 0.29) is 62.1 Å². The average molecular weight is 509 g/mol. The third kappa shape index (κ3) is 5.63. The predicted molar refractivity (Wildman–Crippen MR) is 123 cm³/mol. The predicted octanol–water partition coefficient (Wildman–Crippen LogP) is 2.39. The van der Waals surface area contributed by atoms with E-state index in [9.17, 15) is 18.0 Å². The molecule has 2 aliphatic rings. The van der Waals surface area contributed by atoms with Gasteiger partial charge in [0.25, 0.3) is 0 Å². The van der Waals surface area contributed by atoms with Crippen molar-refractivity contribution in [3.05, 3.63) is 53.3 Å². The highest BCUT2D eigenvalue weighted by atomic mass is 32.2. The van der Waals surface area contributed by atoms with Crippen LogP contribution < -0.4 is 14.2 Å². The van der Waals surface area contributed by atoms with E-state index in [1.807, 2.05) is 0 Å². The van der Waals surface area contributed by atoms with Gasteiger partial charge in [0.1, 0.15) is 11.5 Å². The summed E-state index contributed by atoms with van der Waals surface area (Å²) in [6.45, 7) is 0.856. The molecule has 2 aromatic rings. The molecule has 2 heterocycles. The Hall–Kier alpha value is -3.42. The van der Waals surface area contributed by atoms with E-state index < -0.39 is 28.2 Å². The summed E-state index contributed by atoms with van der Waals surface area (Å²) in [7, 11) is -0.874. The number of nitrogens with zero attached hydrogens (tertiary/aromatic N) is 3. The van der Waals surface area contributed by atoms with Crippen molar-refractivity contribution in [3.8, 4) is 11.5 Å². The molecule has 0 aromatic heterocycles. The van der Waals surface area contributed by atoms with Crippen molar-refractivity contribution in [1.29, 1.82) is 0 Å². The third-order valence-electron chi connectivity index (χ3n) is 5.41. The van der Waals surface area contributed by atoms with Crippen molar-refractivity contribution < 1.29 is 36.6 Å². The third-order valence-corrected chi connectivity index (χ3v) is 6.94. The molecule has 11 nitrogen and oxygen atoms in total. The Balaban J connectivity index is 1.47. The number of benzene rings is 2. The number of carbonyl (C=O) groups is 2. The van der Waals surface area contributed by atoms with E-state index in [1.54, 1.807) is 26.2 Å². The first-order valence-electron chi connectivity index (χ1n) is 10.8. The van der Waals surface area contributed by atoms with Crippen molar-refractivity contribution in [2.24, 2.45) is 0 Å². The maximum Gasteiger partial charge on any atom is 0.415 e. The highest BCUT2D eigenvalue weighted by Gasteiger charge is 2.29. The van der Waals surface area contributed by atoms with Gasteiger partial charge in [-0.1, -0.05) is 12.1 Å². The van der Waals surface area contributed by atoms with Gasteiger partial charge in [-0.15, -0.1) is 0 Å². The van der Waals surface area contributed by atoms with Crippen LogP contribution in [0.5, 0.6) is 11.5 Å². The molecule has 0 unspecified atom stereocenters. The summed E-state index contributed by atoms with van der Waals surface area (Å²) in [6, 6.07) is 8.94. The van der Waals surface area contributed by atoms with Crippen LogP contribution in [-0.4, -0.2) is 75.1 Å². The van der Waals surface area contributed by atoms with Crippen LogP contribution in [0.3, 0.4) is 0 Å². The number of nitrogens with one attached hydrogen (secondary N) is 1. The number of anilines is 1. The molecule has 1 saturated heterocycles. The topological polar surface area (TPSA) is 118 Å². The van der Waals surface area contributed by atoms with Crippen LogP contribution in [0.25, 0.3) is 0 Å². The summed E-state index contributed by atoms with van der Waals surface area (Å²) >= 11 is 0. The Bertz CT molecular complexity index is 1230. The van der Waals surface area contributed by atoms with E-state index in [1.165, 1.54) is 38.4 Å².